The highest BCUT2D eigenvalue weighted by Gasteiger charge is 2.24. The van der Waals surface area contributed by atoms with E-state index in [-0.39, 0.29) is 24.0 Å². The van der Waals surface area contributed by atoms with Crippen LogP contribution in [0.3, 0.4) is 0 Å². The van der Waals surface area contributed by atoms with Gasteiger partial charge in [0.2, 0.25) is 0 Å². The molecule has 17 heavy (non-hydrogen) atoms. The van der Waals surface area contributed by atoms with Crippen LogP contribution in [0.4, 0.5) is 4.79 Å². The molecule has 0 spiro atoms. The monoisotopic (exact) mass is 247 g/mol. The van der Waals surface area contributed by atoms with Gasteiger partial charge in [-0.15, -0.1) is 0 Å². The second kappa shape index (κ2) is 7.14. The third-order valence-electron chi connectivity index (χ3n) is 2.03. The largest absolute Gasteiger partial charge is 0.483 e. The summed E-state index contributed by atoms with van der Waals surface area (Å²) in [5, 5.41) is 9.70. The molecule has 0 saturated heterocycles. The van der Waals surface area contributed by atoms with E-state index in [2.05, 4.69) is 26.1 Å². The van der Waals surface area contributed by atoms with Crippen molar-refractivity contribution in [1.82, 2.24) is 5.32 Å². The van der Waals surface area contributed by atoms with E-state index >= 15 is 0 Å². The second-order valence-corrected chi connectivity index (χ2v) is 5.84. The number of carbonyl (C=O) groups is 2. The van der Waals surface area contributed by atoms with E-state index < -0.39 is 5.60 Å². The summed E-state index contributed by atoms with van der Waals surface area (Å²) in [7, 11) is 0. The number of hydrogen-bond donors (Lipinski definition) is 2. The van der Waals surface area contributed by atoms with E-state index in [1.807, 2.05) is 27.7 Å². The van der Waals surface area contributed by atoms with Crippen LogP contribution in [0.1, 0.15) is 48.5 Å². The van der Waals surface area contributed by atoms with Crippen molar-refractivity contribution >= 4 is 12.6 Å². The number of carboxylic acid groups (broad SMARTS) is 1. The first-order chi connectivity index (χ1) is 7.44. The van der Waals surface area contributed by atoms with E-state index in [9.17, 15) is 4.79 Å². The molecular weight excluding hydrogens is 222 g/mol. The van der Waals surface area contributed by atoms with Crippen LogP contribution in [-0.2, 0) is 9.53 Å². The van der Waals surface area contributed by atoms with Gasteiger partial charge >= 0.3 is 6.09 Å². The lowest BCUT2D eigenvalue weighted by Crippen LogP contribution is -2.43. The van der Waals surface area contributed by atoms with Crippen LogP contribution >= 0.6 is 0 Å². The molecule has 0 aliphatic heterocycles. The molecule has 2 N–H and O–H groups in total. The molecule has 0 saturated carbocycles. The second-order valence-electron chi connectivity index (χ2n) is 5.84. The van der Waals surface area contributed by atoms with Gasteiger partial charge in [-0.25, -0.2) is 4.79 Å². The minimum atomic E-state index is -0.429. The van der Waals surface area contributed by atoms with Crippen molar-refractivity contribution in [2.24, 2.45) is 5.41 Å². The maximum atomic E-state index is 11.4. The molecule has 0 aromatic carbocycles. The molecule has 1 amide bonds. The molecule has 0 heterocycles. The Bertz CT molecular complexity index is 238. The maximum Gasteiger partial charge on any atom is 0.407 e. The Morgan fingerprint density at radius 1 is 1.24 bits per heavy atom. The van der Waals surface area contributed by atoms with Crippen molar-refractivity contribution in [3.05, 3.63) is 0 Å². The van der Waals surface area contributed by atoms with Crippen LogP contribution in [0.5, 0.6) is 0 Å². The average molecular weight is 247 g/mol. The number of alkyl carbamates (subject to hydrolysis) is 1. The molecule has 1 unspecified atom stereocenters. The topological polar surface area (TPSA) is 75.6 Å². The molecular formula is C12H25NO4. The summed E-state index contributed by atoms with van der Waals surface area (Å²) >= 11 is 0. The number of nitrogens with one attached hydrogen (secondary N) is 1. The third-order valence-corrected chi connectivity index (χ3v) is 2.03. The smallest absolute Gasteiger partial charge is 0.407 e. The fourth-order valence-corrected chi connectivity index (χ4v) is 0.701. The lowest BCUT2D eigenvalue weighted by Gasteiger charge is -2.29. The van der Waals surface area contributed by atoms with Crippen LogP contribution in [0.25, 0.3) is 0 Å². The number of ether oxygens (including phenoxy) is 1. The SMILES string of the molecule is CC(NC(=O)OC(C)(C)C)C(C)(C)C.O=CO. The number of rotatable bonds is 1. The number of carbonyl (C=O) groups excluding carboxylic acids is 1. The predicted octanol–water partition coefficient (Wildman–Crippen LogP) is 2.65. The summed E-state index contributed by atoms with van der Waals surface area (Å²) in [6, 6.07) is 0.0948. The van der Waals surface area contributed by atoms with E-state index in [1.165, 1.54) is 0 Å². The fraction of sp³-hybridized carbons (Fsp3) is 0.833. The standard InChI is InChI=1S/C11H23NO2.CH2O2/c1-8(10(2,3)4)12-9(13)14-11(5,6)7;2-1-3/h8H,1-7H3,(H,12,13);1H,(H,2,3). The van der Waals surface area contributed by atoms with Crippen molar-refractivity contribution < 1.29 is 19.4 Å². The lowest BCUT2D eigenvalue weighted by atomic mass is 9.88. The predicted molar refractivity (Wildman–Crippen MR) is 67.0 cm³/mol. The van der Waals surface area contributed by atoms with Gasteiger partial charge < -0.3 is 15.2 Å². The fourth-order valence-electron chi connectivity index (χ4n) is 0.701. The van der Waals surface area contributed by atoms with Crippen LogP contribution in [0.2, 0.25) is 0 Å². The zero-order chi connectivity index (χ0) is 14.3. The number of amides is 1. The van der Waals surface area contributed by atoms with E-state index in [0.29, 0.717) is 0 Å². The van der Waals surface area contributed by atoms with Gasteiger partial charge in [0.15, 0.2) is 0 Å². The first kappa shape index (κ1) is 18.1. The number of hydrogen-bond acceptors (Lipinski definition) is 3. The summed E-state index contributed by atoms with van der Waals surface area (Å²) in [5.41, 5.74) is -0.376. The molecule has 5 nitrogen and oxygen atoms in total. The molecule has 0 aliphatic carbocycles. The van der Waals surface area contributed by atoms with Crippen molar-refractivity contribution in [3.63, 3.8) is 0 Å². The first-order valence-corrected chi connectivity index (χ1v) is 5.51. The van der Waals surface area contributed by atoms with E-state index in [0.717, 1.165) is 0 Å². The van der Waals surface area contributed by atoms with Gasteiger partial charge in [-0.3, -0.25) is 4.79 Å². The van der Waals surface area contributed by atoms with Gasteiger partial charge in [-0.2, -0.15) is 0 Å². The van der Waals surface area contributed by atoms with Crippen LogP contribution in [-0.4, -0.2) is 29.3 Å². The van der Waals surface area contributed by atoms with Gasteiger partial charge in [0, 0.05) is 6.04 Å². The Morgan fingerprint density at radius 3 is 1.82 bits per heavy atom. The molecule has 0 radical (unpaired) electrons. The zero-order valence-electron chi connectivity index (χ0n) is 11.8. The molecule has 0 bridgehead atoms. The molecule has 0 aliphatic rings. The summed E-state index contributed by atoms with van der Waals surface area (Å²) in [6.45, 7) is 13.5. The Labute approximate surface area is 104 Å². The highest BCUT2D eigenvalue weighted by atomic mass is 16.6. The van der Waals surface area contributed by atoms with Gasteiger partial charge in [0.1, 0.15) is 5.60 Å². The quantitative estimate of drug-likeness (QED) is 0.698. The average Bonchev–Trinajstić information content (AvgIpc) is 1.99. The summed E-state index contributed by atoms with van der Waals surface area (Å²) in [5.74, 6) is 0. The summed E-state index contributed by atoms with van der Waals surface area (Å²) in [4.78, 5) is 19.7. The molecule has 102 valence electrons. The van der Waals surface area contributed by atoms with Crippen molar-refractivity contribution in [1.29, 1.82) is 0 Å². The van der Waals surface area contributed by atoms with Gasteiger partial charge in [-0.05, 0) is 33.1 Å². The maximum absolute atomic E-state index is 11.4. The zero-order valence-corrected chi connectivity index (χ0v) is 11.8. The highest BCUT2D eigenvalue weighted by molar-refractivity contribution is 5.68. The summed E-state index contributed by atoms with van der Waals surface area (Å²) < 4.78 is 5.15. The first-order valence-electron chi connectivity index (χ1n) is 5.51. The molecule has 0 aromatic rings. The van der Waals surface area contributed by atoms with Gasteiger partial charge in [0.05, 0.1) is 0 Å². The molecule has 1 atom stereocenters. The Balaban J connectivity index is 0. The Kier molecular flexibility index (Phi) is 7.61. The van der Waals surface area contributed by atoms with E-state index in [1.54, 1.807) is 0 Å². The third kappa shape index (κ3) is 12.7. The van der Waals surface area contributed by atoms with Crippen molar-refractivity contribution in [2.45, 2.75) is 60.1 Å². The molecule has 0 rings (SSSR count). The van der Waals surface area contributed by atoms with Gasteiger partial charge in [0.25, 0.3) is 6.47 Å². The van der Waals surface area contributed by atoms with Crippen molar-refractivity contribution in [2.75, 3.05) is 0 Å². The van der Waals surface area contributed by atoms with Crippen molar-refractivity contribution in [3.8, 4) is 0 Å². The highest BCUT2D eigenvalue weighted by Crippen LogP contribution is 2.19. The molecule has 5 heteroatoms. The normalized spacial score (nSPS) is 12.9. The van der Waals surface area contributed by atoms with Crippen LogP contribution < -0.4 is 5.32 Å². The minimum Gasteiger partial charge on any atom is -0.483 e. The minimum absolute atomic E-state index is 0.0525. The van der Waals surface area contributed by atoms with Crippen LogP contribution in [0, 0.1) is 5.41 Å². The van der Waals surface area contributed by atoms with Gasteiger partial charge in [-0.1, -0.05) is 20.8 Å². The summed E-state index contributed by atoms with van der Waals surface area (Å²) in [6.07, 6.45) is -0.347. The lowest BCUT2D eigenvalue weighted by molar-refractivity contribution is -0.122. The molecule has 0 fully saturated rings. The van der Waals surface area contributed by atoms with Crippen LogP contribution in [0.15, 0.2) is 0 Å². The molecule has 0 aromatic heterocycles. The van der Waals surface area contributed by atoms with E-state index in [4.69, 9.17) is 14.6 Å². The Hall–Kier alpha value is -1.26. The Morgan fingerprint density at radius 2 is 1.59 bits per heavy atom.